The van der Waals surface area contributed by atoms with Crippen LogP contribution in [-0.4, -0.2) is 33.8 Å². The second-order valence-corrected chi connectivity index (χ2v) is 9.19. The average molecular weight is 479 g/mol. The maximum Gasteiger partial charge on any atom is 0.321 e. The van der Waals surface area contributed by atoms with E-state index >= 15 is 0 Å². The third-order valence-electron chi connectivity index (χ3n) is 4.83. The van der Waals surface area contributed by atoms with Gasteiger partial charge in [-0.1, -0.05) is 60.3 Å². The van der Waals surface area contributed by atoms with E-state index in [0.717, 1.165) is 22.2 Å². The minimum atomic E-state index is -0.537. The summed E-state index contributed by atoms with van der Waals surface area (Å²) in [5.74, 6) is -0.500. The highest BCUT2D eigenvalue weighted by Crippen LogP contribution is 2.19. The number of benzene rings is 2. The first-order valence-electron chi connectivity index (χ1n) is 10.4. The lowest BCUT2D eigenvalue weighted by atomic mass is 10.2. The zero-order valence-electron chi connectivity index (χ0n) is 17.7. The van der Waals surface area contributed by atoms with Crippen molar-refractivity contribution < 1.29 is 9.59 Å². The van der Waals surface area contributed by atoms with Crippen LogP contribution in [0.1, 0.15) is 10.4 Å². The summed E-state index contributed by atoms with van der Waals surface area (Å²) in [5, 5.41) is 7.94. The molecule has 0 aliphatic heterocycles. The molecule has 33 heavy (non-hydrogen) atoms. The number of thiophene rings is 1. The summed E-state index contributed by atoms with van der Waals surface area (Å²) in [5.41, 5.74) is 1.35. The molecule has 2 N–H and O–H groups in total. The Morgan fingerprint density at radius 1 is 1.00 bits per heavy atom. The number of rotatable bonds is 8. The van der Waals surface area contributed by atoms with E-state index in [1.54, 1.807) is 34.1 Å². The van der Waals surface area contributed by atoms with Crippen LogP contribution in [0.5, 0.6) is 0 Å². The van der Waals surface area contributed by atoms with Gasteiger partial charge in [0.15, 0.2) is 5.16 Å². The summed E-state index contributed by atoms with van der Waals surface area (Å²) in [6.07, 6.45) is 0.709. The van der Waals surface area contributed by atoms with Crippen LogP contribution in [0.25, 0.3) is 10.9 Å². The molecule has 2 aromatic heterocycles. The minimum absolute atomic E-state index is 0.0437. The number of nitrogens with zero attached hydrogens (tertiary/aromatic N) is 2. The Morgan fingerprint density at radius 3 is 2.58 bits per heavy atom. The molecule has 7 nitrogen and oxygen atoms in total. The van der Waals surface area contributed by atoms with E-state index in [0.29, 0.717) is 35.6 Å². The van der Waals surface area contributed by atoms with Gasteiger partial charge in [0.25, 0.3) is 5.56 Å². The highest BCUT2D eigenvalue weighted by atomic mass is 32.2. The average Bonchev–Trinajstić information content (AvgIpc) is 3.34. The Balaban J connectivity index is 1.42. The topological polar surface area (TPSA) is 93.1 Å². The molecule has 9 heteroatoms. The molecule has 3 amide bonds. The predicted octanol–water partition coefficient (Wildman–Crippen LogP) is 3.67. The van der Waals surface area contributed by atoms with Crippen LogP contribution in [0.2, 0.25) is 0 Å². The van der Waals surface area contributed by atoms with Crippen molar-refractivity contribution in [1.82, 2.24) is 20.2 Å². The highest BCUT2D eigenvalue weighted by Gasteiger charge is 2.15. The number of amides is 3. The molecule has 0 fully saturated rings. The third-order valence-corrected chi connectivity index (χ3v) is 6.75. The monoisotopic (exact) mass is 478 g/mol. The van der Waals surface area contributed by atoms with E-state index in [1.807, 2.05) is 53.9 Å². The van der Waals surface area contributed by atoms with Gasteiger partial charge in [-0.3, -0.25) is 19.5 Å². The predicted molar refractivity (Wildman–Crippen MR) is 132 cm³/mol. The van der Waals surface area contributed by atoms with Crippen LogP contribution < -0.4 is 16.2 Å². The molecule has 4 aromatic rings. The maximum absolute atomic E-state index is 13.1. The minimum Gasteiger partial charge on any atom is -0.337 e. The largest absolute Gasteiger partial charge is 0.337 e. The van der Waals surface area contributed by atoms with Gasteiger partial charge in [0, 0.05) is 11.4 Å². The molecule has 4 rings (SSSR count). The van der Waals surface area contributed by atoms with Gasteiger partial charge in [-0.05, 0) is 35.6 Å². The molecule has 168 valence electrons. The number of urea groups is 1. The molecule has 2 heterocycles. The quantitative estimate of drug-likeness (QED) is 0.298. The van der Waals surface area contributed by atoms with E-state index in [4.69, 9.17) is 0 Å². The fraction of sp³-hybridized carbons (Fsp3) is 0.167. The molecule has 0 saturated heterocycles. The molecule has 0 aliphatic rings. The van der Waals surface area contributed by atoms with E-state index in [9.17, 15) is 14.4 Å². The second kappa shape index (κ2) is 10.9. The van der Waals surface area contributed by atoms with Crippen LogP contribution in [0, 0.1) is 0 Å². The molecule has 0 saturated carbocycles. The van der Waals surface area contributed by atoms with Gasteiger partial charge >= 0.3 is 6.03 Å². The van der Waals surface area contributed by atoms with Gasteiger partial charge < -0.3 is 5.32 Å². The van der Waals surface area contributed by atoms with Gasteiger partial charge in [0.05, 0.1) is 23.2 Å². The molecule has 0 atom stereocenters. The molecule has 2 aromatic carbocycles. The number of carbonyl (C=O) groups excluding carboxylic acids is 2. The van der Waals surface area contributed by atoms with Crippen LogP contribution in [0.4, 0.5) is 4.79 Å². The van der Waals surface area contributed by atoms with Gasteiger partial charge in [0.2, 0.25) is 5.91 Å². The van der Waals surface area contributed by atoms with Gasteiger partial charge in [-0.2, -0.15) is 0 Å². The summed E-state index contributed by atoms with van der Waals surface area (Å²) in [7, 11) is 0. The molecule has 0 radical (unpaired) electrons. The Morgan fingerprint density at radius 2 is 1.79 bits per heavy atom. The van der Waals surface area contributed by atoms with Crippen molar-refractivity contribution >= 4 is 45.9 Å². The fourth-order valence-corrected chi connectivity index (χ4v) is 4.76. The summed E-state index contributed by atoms with van der Waals surface area (Å²) < 4.78 is 1.57. The molecular formula is C24H22N4O3S2. The summed E-state index contributed by atoms with van der Waals surface area (Å²) >= 11 is 2.75. The number of carbonyl (C=O) groups is 2. The normalized spacial score (nSPS) is 10.8. The van der Waals surface area contributed by atoms with E-state index in [-0.39, 0.29) is 11.3 Å². The van der Waals surface area contributed by atoms with Crippen LogP contribution in [0.3, 0.4) is 0 Å². The summed E-state index contributed by atoms with van der Waals surface area (Å²) in [6.45, 7) is 0.778. The van der Waals surface area contributed by atoms with Gasteiger partial charge in [0.1, 0.15) is 0 Å². The molecular weight excluding hydrogens is 456 g/mol. The maximum atomic E-state index is 13.1. The Bertz CT molecular complexity index is 1300. The fourth-order valence-electron chi connectivity index (χ4n) is 3.25. The number of fused-ring (bicyclic) bond motifs is 1. The van der Waals surface area contributed by atoms with Crippen LogP contribution in [-0.2, 0) is 17.8 Å². The van der Waals surface area contributed by atoms with E-state index < -0.39 is 11.9 Å². The number of nitrogens with one attached hydrogen (secondary N) is 2. The van der Waals surface area contributed by atoms with E-state index in [2.05, 4.69) is 15.6 Å². The van der Waals surface area contributed by atoms with Crippen molar-refractivity contribution in [2.45, 2.75) is 18.1 Å². The highest BCUT2D eigenvalue weighted by molar-refractivity contribution is 7.99. The molecule has 0 spiro atoms. The molecule has 0 bridgehead atoms. The Labute approximate surface area is 198 Å². The van der Waals surface area contributed by atoms with Crippen molar-refractivity contribution in [1.29, 1.82) is 0 Å². The van der Waals surface area contributed by atoms with Crippen molar-refractivity contribution in [2.75, 3.05) is 12.3 Å². The second-order valence-electron chi connectivity index (χ2n) is 7.21. The number of thioether (sulfide) groups is 1. The first kappa shape index (κ1) is 22.8. The first-order chi connectivity index (χ1) is 16.1. The smallest absolute Gasteiger partial charge is 0.321 e. The van der Waals surface area contributed by atoms with Crippen LogP contribution in [0.15, 0.2) is 82.1 Å². The lowest BCUT2D eigenvalue weighted by Crippen LogP contribution is -2.41. The first-order valence-corrected chi connectivity index (χ1v) is 12.2. The standard InChI is InChI=1S/C24H22N4O3S2/c29-21(27-23(31)25-13-12-18-9-6-14-32-18)16-33-24-26-20-11-5-4-10-19(20)22(30)28(24)15-17-7-2-1-3-8-17/h1-11,14H,12-13,15-16H2,(H2,25,27,29,31). The van der Waals surface area contributed by atoms with Crippen molar-refractivity contribution in [2.24, 2.45) is 0 Å². The zero-order chi connectivity index (χ0) is 23.0. The Hall–Kier alpha value is -3.43. The van der Waals surface area contributed by atoms with Crippen molar-refractivity contribution in [3.8, 4) is 0 Å². The van der Waals surface area contributed by atoms with Crippen molar-refractivity contribution in [3.05, 3.63) is 92.9 Å². The molecule has 0 unspecified atom stereocenters. The number of hydrogen-bond donors (Lipinski definition) is 2. The third kappa shape index (κ3) is 6.09. The number of aromatic nitrogens is 2. The number of imide groups is 1. The van der Waals surface area contributed by atoms with Gasteiger partial charge in [-0.15, -0.1) is 11.3 Å². The lowest BCUT2D eigenvalue weighted by Gasteiger charge is -2.13. The lowest BCUT2D eigenvalue weighted by molar-refractivity contribution is -0.117. The molecule has 0 aliphatic carbocycles. The summed E-state index contributed by atoms with van der Waals surface area (Å²) in [6, 6.07) is 20.2. The zero-order valence-corrected chi connectivity index (χ0v) is 19.3. The number of hydrogen-bond acceptors (Lipinski definition) is 6. The number of para-hydroxylation sites is 1. The van der Waals surface area contributed by atoms with E-state index in [1.165, 1.54) is 0 Å². The van der Waals surface area contributed by atoms with Crippen molar-refractivity contribution in [3.63, 3.8) is 0 Å². The van der Waals surface area contributed by atoms with Gasteiger partial charge in [-0.25, -0.2) is 9.78 Å². The summed E-state index contributed by atoms with van der Waals surface area (Å²) in [4.78, 5) is 43.2. The SMILES string of the molecule is O=C(CSc1nc2ccccc2c(=O)n1Cc1ccccc1)NC(=O)NCCc1cccs1. The Kier molecular flexibility index (Phi) is 7.54. The van der Waals surface area contributed by atoms with Crippen LogP contribution >= 0.6 is 23.1 Å².